The van der Waals surface area contributed by atoms with Crippen molar-refractivity contribution in [2.45, 2.75) is 51.5 Å². The zero-order valence-electron chi connectivity index (χ0n) is 12.3. The van der Waals surface area contributed by atoms with Crippen LogP contribution < -0.4 is 5.32 Å². The van der Waals surface area contributed by atoms with Gasteiger partial charge in [-0.25, -0.2) is 4.79 Å². The minimum absolute atomic E-state index is 0.130. The maximum Gasteiger partial charge on any atom is 0.326 e. The summed E-state index contributed by atoms with van der Waals surface area (Å²) in [5, 5.41) is 20.9. The van der Waals surface area contributed by atoms with Crippen molar-refractivity contribution in [3.05, 3.63) is 29.8 Å². The Morgan fingerprint density at radius 3 is 2.38 bits per heavy atom. The average molecular weight is 293 g/mol. The molecule has 0 heterocycles. The molecule has 5 heteroatoms. The van der Waals surface area contributed by atoms with Crippen molar-refractivity contribution in [3.8, 4) is 5.75 Å². The summed E-state index contributed by atoms with van der Waals surface area (Å²) < 4.78 is 0. The monoisotopic (exact) mass is 293 g/mol. The van der Waals surface area contributed by atoms with E-state index in [1.807, 2.05) is 0 Å². The fourth-order valence-electron chi connectivity index (χ4n) is 2.05. The van der Waals surface area contributed by atoms with E-state index in [9.17, 15) is 19.8 Å². The quantitative estimate of drug-likeness (QED) is 0.610. The number of unbranched alkanes of at least 4 members (excludes halogenated alkanes) is 3. The summed E-state index contributed by atoms with van der Waals surface area (Å²) in [5.74, 6) is -1.15. The van der Waals surface area contributed by atoms with Crippen LogP contribution in [0.25, 0.3) is 0 Å². The second-order valence-corrected chi connectivity index (χ2v) is 5.14. The molecule has 0 radical (unpaired) electrons. The third kappa shape index (κ3) is 6.79. The van der Waals surface area contributed by atoms with E-state index in [-0.39, 0.29) is 18.1 Å². The van der Waals surface area contributed by atoms with Gasteiger partial charge in [0, 0.05) is 12.8 Å². The second kappa shape index (κ2) is 9.00. The van der Waals surface area contributed by atoms with Gasteiger partial charge >= 0.3 is 5.97 Å². The molecule has 5 nitrogen and oxygen atoms in total. The van der Waals surface area contributed by atoms with Crippen molar-refractivity contribution in [3.63, 3.8) is 0 Å². The molecule has 21 heavy (non-hydrogen) atoms. The van der Waals surface area contributed by atoms with Gasteiger partial charge in [0.25, 0.3) is 0 Å². The number of benzene rings is 1. The summed E-state index contributed by atoms with van der Waals surface area (Å²) in [4.78, 5) is 23.0. The molecule has 1 rings (SSSR count). The molecule has 0 fully saturated rings. The molecular formula is C16H23NO4. The lowest BCUT2D eigenvalue weighted by atomic mass is 10.1. The molecule has 0 spiro atoms. The highest BCUT2D eigenvalue weighted by Gasteiger charge is 2.20. The van der Waals surface area contributed by atoms with Gasteiger partial charge in [-0.05, 0) is 24.1 Å². The Balaban J connectivity index is 2.48. The van der Waals surface area contributed by atoms with Gasteiger partial charge in [0.15, 0.2) is 0 Å². The van der Waals surface area contributed by atoms with E-state index in [1.165, 1.54) is 12.1 Å². The number of rotatable bonds is 9. The van der Waals surface area contributed by atoms with Crippen LogP contribution in [0.4, 0.5) is 0 Å². The van der Waals surface area contributed by atoms with Gasteiger partial charge in [0.05, 0.1) is 0 Å². The highest BCUT2D eigenvalue weighted by molar-refractivity contribution is 5.83. The van der Waals surface area contributed by atoms with E-state index in [0.29, 0.717) is 6.42 Å². The number of carboxylic acid groups (broad SMARTS) is 1. The number of amides is 1. The summed E-state index contributed by atoms with van der Waals surface area (Å²) in [6.07, 6.45) is 4.52. The molecule has 0 bridgehead atoms. The molecule has 0 unspecified atom stereocenters. The van der Waals surface area contributed by atoms with Gasteiger partial charge in [-0.3, -0.25) is 4.79 Å². The minimum atomic E-state index is -1.05. The van der Waals surface area contributed by atoms with Crippen LogP contribution in [-0.4, -0.2) is 28.1 Å². The van der Waals surface area contributed by atoms with Gasteiger partial charge in [-0.2, -0.15) is 0 Å². The van der Waals surface area contributed by atoms with Crippen molar-refractivity contribution in [1.29, 1.82) is 0 Å². The largest absolute Gasteiger partial charge is 0.508 e. The number of aromatic hydroxyl groups is 1. The molecular weight excluding hydrogens is 270 g/mol. The van der Waals surface area contributed by atoms with Crippen molar-refractivity contribution in [1.82, 2.24) is 5.32 Å². The first-order valence-corrected chi connectivity index (χ1v) is 7.33. The van der Waals surface area contributed by atoms with Gasteiger partial charge < -0.3 is 15.5 Å². The topological polar surface area (TPSA) is 86.6 Å². The highest BCUT2D eigenvalue weighted by Crippen LogP contribution is 2.11. The van der Waals surface area contributed by atoms with Crippen LogP contribution in [0.15, 0.2) is 24.3 Å². The Kier molecular flexibility index (Phi) is 7.29. The Morgan fingerprint density at radius 1 is 1.14 bits per heavy atom. The number of carbonyl (C=O) groups is 2. The number of hydrogen-bond donors (Lipinski definition) is 3. The molecule has 0 saturated heterocycles. The molecule has 0 aliphatic rings. The Morgan fingerprint density at radius 2 is 1.81 bits per heavy atom. The van der Waals surface area contributed by atoms with Crippen LogP contribution in [0.1, 0.15) is 44.6 Å². The lowest BCUT2D eigenvalue weighted by molar-refractivity contribution is -0.141. The van der Waals surface area contributed by atoms with Crippen molar-refractivity contribution in [2.24, 2.45) is 0 Å². The van der Waals surface area contributed by atoms with Crippen molar-refractivity contribution < 1.29 is 19.8 Å². The maximum absolute atomic E-state index is 11.8. The number of aliphatic carboxylic acids is 1. The van der Waals surface area contributed by atoms with Crippen LogP contribution in [0.2, 0.25) is 0 Å². The Bertz CT molecular complexity index is 456. The smallest absolute Gasteiger partial charge is 0.326 e. The predicted octanol–water partition coefficient (Wildman–Crippen LogP) is 2.47. The number of phenolic OH excluding ortho intramolecular Hbond substituents is 1. The average Bonchev–Trinajstić information content (AvgIpc) is 2.45. The molecule has 3 N–H and O–H groups in total. The zero-order valence-corrected chi connectivity index (χ0v) is 12.3. The van der Waals surface area contributed by atoms with E-state index >= 15 is 0 Å². The first kappa shape index (κ1) is 17.0. The fraction of sp³-hybridized carbons (Fsp3) is 0.500. The molecule has 0 aromatic heterocycles. The van der Waals surface area contributed by atoms with Crippen LogP contribution >= 0.6 is 0 Å². The molecule has 0 aliphatic heterocycles. The highest BCUT2D eigenvalue weighted by atomic mass is 16.4. The standard InChI is InChI=1S/C16H23NO4/c1-2-3-4-5-6-15(19)17-14(16(20)21)11-12-7-9-13(18)10-8-12/h7-10,14,18H,2-6,11H2,1H3,(H,17,19)(H,20,21)/t14-/m0/s1. The lowest BCUT2D eigenvalue weighted by Crippen LogP contribution is -2.42. The third-order valence-electron chi connectivity index (χ3n) is 3.27. The summed E-state index contributed by atoms with van der Waals surface area (Å²) in [5.41, 5.74) is 0.756. The Labute approximate surface area is 125 Å². The summed E-state index contributed by atoms with van der Waals surface area (Å²) in [6.45, 7) is 2.10. The van der Waals surface area contributed by atoms with Crippen LogP contribution in [0.5, 0.6) is 5.75 Å². The first-order chi connectivity index (χ1) is 10.0. The van der Waals surface area contributed by atoms with E-state index in [0.717, 1.165) is 31.2 Å². The minimum Gasteiger partial charge on any atom is -0.508 e. The van der Waals surface area contributed by atoms with Crippen LogP contribution in [-0.2, 0) is 16.0 Å². The molecule has 0 saturated carbocycles. The number of carbonyl (C=O) groups excluding carboxylic acids is 1. The van der Waals surface area contributed by atoms with E-state index in [1.54, 1.807) is 12.1 Å². The summed E-state index contributed by atoms with van der Waals surface area (Å²) in [7, 11) is 0. The van der Waals surface area contributed by atoms with Crippen molar-refractivity contribution in [2.75, 3.05) is 0 Å². The fourth-order valence-corrected chi connectivity index (χ4v) is 2.05. The molecule has 1 amide bonds. The number of carboxylic acids is 1. The molecule has 0 aliphatic carbocycles. The van der Waals surface area contributed by atoms with Crippen molar-refractivity contribution >= 4 is 11.9 Å². The summed E-state index contributed by atoms with van der Waals surface area (Å²) >= 11 is 0. The van der Waals surface area contributed by atoms with E-state index < -0.39 is 12.0 Å². The second-order valence-electron chi connectivity index (χ2n) is 5.14. The molecule has 1 aromatic rings. The van der Waals surface area contributed by atoms with E-state index in [4.69, 9.17) is 0 Å². The molecule has 1 atom stereocenters. The third-order valence-corrected chi connectivity index (χ3v) is 3.27. The normalized spacial score (nSPS) is 11.9. The Hall–Kier alpha value is -2.04. The molecule has 1 aromatic carbocycles. The van der Waals surface area contributed by atoms with Gasteiger partial charge in [-0.1, -0.05) is 38.3 Å². The number of nitrogens with one attached hydrogen (secondary N) is 1. The van der Waals surface area contributed by atoms with Gasteiger partial charge in [-0.15, -0.1) is 0 Å². The van der Waals surface area contributed by atoms with E-state index in [2.05, 4.69) is 12.2 Å². The molecule has 116 valence electrons. The summed E-state index contributed by atoms with van der Waals surface area (Å²) in [6, 6.07) is 5.37. The number of phenols is 1. The maximum atomic E-state index is 11.8. The first-order valence-electron chi connectivity index (χ1n) is 7.33. The lowest BCUT2D eigenvalue weighted by Gasteiger charge is -2.14. The van der Waals surface area contributed by atoms with Crippen LogP contribution in [0.3, 0.4) is 0 Å². The predicted molar refractivity (Wildman–Crippen MR) is 80.1 cm³/mol. The van der Waals surface area contributed by atoms with Gasteiger partial charge in [0.2, 0.25) is 5.91 Å². The SMILES string of the molecule is CCCCCCC(=O)N[C@@H](Cc1ccc(O)cc1)C(=O)O. The van der Waals surface area contributed by atoms with Crippen LogP contribution in [0, 0.1) is 0 Å². The number of hydrogen-bond acceptors (Lipinski definition) is 3. The zero-order chi connectivity index (χ0) is 15.7. The van der Waals surface area contributed by atoms with Gasteiger partial charge in [0.1, 0.15) is 11.8 Å².